The first kappa shape index (κ1) is 14.0. The van der Waals surface area contributed by atoms with Crippen molar-refractivity contribution in [2.45, 2.75) is 6.54 Å². The summed E-state index contributed by atoms with van der Waals surface area (Å²) in [5.41, 5.74) is 3.52. The van der Waals surface area contributed by atoms with Gasteiger partial charge in [0.1, 0.15) is 0 Å². The van der Waals surface area contributed by atoms with Gasteiger partial charge in [-0.3, -0.25) is 15.0 Å². The fraction of sp³-hybridized carbons (Fsp3) is 0.400. The molecule has 94 valence electrons. The summed E-state index contributed by atoms with van der Waals surface area (Å²) in [7, 11) is 1.58. The fourth-order valence-electron chi connectivity index (χ4n) is 1.17. The van der Waals surface area contributed by atoms with Gasteiger partial charge in [-0.1, -0.05) is 15.9 Å². The van der Waals surface area contributed by atoms with Gasteiger partial charge in [0.2, 0.25) is 0 Å². The number of hydroxylamine groups is 1. The van der Waals surface area contributed by atoms with E-state index in [-0.39, 0.29) is 5.69 Å². The average molecular weight is 305 g/mol. The summed E-state index contributed by atoms with van der Waals surface area (Å²) in [5.74, 6) is 0. The lowest BCUT2D eigenvalue weighted by Gasteiger charge is -2.06. The maximum Gasteiger partial charge on any atom is 0.270 e. The predicted octanol–water partition coefficient (Wildman–Crippen LogP) is 2.02. The Kier molecular flexibility index (Phi) is 6.06. The molecule has 0 aliphatic heterocycles. The molecule has 0 bridgehead atoms. The van der Waals surface area contributed by atoms with Crippen LogP contribution in [0.4, 0.5) is 5.69 Å². The average Bonchev–Trinajstić information content (AvgIpc) is 2.28. The molecule has 7 heteroatoms. The standard InChI is InChI=1S/C10H13BrN2O4/c1-16-2-3-17-12-7-8-4-9(11)6-10(5-8)13(14)15/h4-6,12H,2-3,7H2,1H3. The molecule has 0 spiro atoms. The van der Waals surface area contributed by atoms with E-state index in [4.69, 9.17) is 9.57 Å². The first-order chi connectivity index (χ1) is 8.13. The molecular weight excluding hydrogens is 292 g/mol. The topological polar surface area (TPSA) is 73.6 Å². The summed E-state index contributed by atoms with van der Waals surface area (Å²) in [4.78, 5) is 15.3. The highest BCUT2D eigenvalue weighted by molar-refractivity contribution is 9.10. The van der Waals surface area contributed by atoms with Crippen molar-refractivity contribution in [3.63, 3.8) is 0 Å². The molecule has 0 saturated carbocycles. The SMILES string of the molecule is COCCONCc1cc(Br)cc([N+](=O)[O-])c1. The number of hydrogen-bond acceptors (Lipinski definition) is 5. The Morgan fingerprint density at radius 2 is 2.18 bits per heavy atom. The van der Waals surface area contributed by atoms with E-state index in [0.29, 0.717) is 24.2 Å². The van der Waals surface area contributed by atoms with Crippen LogP contribution in [0.25, 0.3) is 0 Å². The minimum Gasteiger partial charge on any atom is -0.382 e. The number of benzene rings is 1. The van der Waals surface area contributed by atoms with Gasteiger partial charge in [-0.25, -0.2) is 0 Å². The van der Waals surface area contributed by atoms with Crippen LogP contribution in [-0.2, 0) is 16.1 Å². The van der Waals surface area contributed by atoms with E-state index in [0.717, 1.165) is 5.56 Å². The number of hydrogen-bond donors (Lipinski definition) is 1. The quantitative estimate of drug-likeness (QED) is 0.474. The third kappa shape index (κ3) is 5.22. The molecule has 1 aromatic rings. The van der Waals surface area contributed by atoms with Crippen LogP contribution in [0.15, 0.2) is 22.7 Å². The van der Waals surface area contributed by atoms with Crippen LogP contribution < -0.4 is 5.48 Å². The first-order valence-corrected chi connectivity index (χ1v) is 5.70. The summed E-state index contributed by atoms with van der Waals surface area (Å²) in [6.45, 7) is 1.31. The number of nitrogens with one attached hydrogen (secondary N) is 1. The number of methoxy groups -OCH3 is 1. The number of nitrogens with zero attached hydrogens (tertiary/aromatic N) is 1. The minimum atomic E-state index is -0.431. The molecular formula is C10H13BrN2O4. The molecule has 0 aliphatic carbocycles. The normalized spacial score (nSPS) is 10.5. The molecule has 1 rings (SSSR count). The number of nitro benzene ring substituents is 1. The molecule has 0 atom stereocenters. The summed E-state index contributed by atoms with van der Waals surface area (Å²) in [6.07, 6.45) is 0. The van der Waals surface area contributed by atoms with Gasteiger partial charge in [-0.2, -0.15) is 5.48 Å². The molecule has 0 aromatic heterocycles. The van der Waals surface area contributed by atoms with Crippen molar-refractivity contribution in [2.75, 3.05) is 20.3 Å². The third-order valence-corrected chi connectivity index (χ3v) is 2.38. The summed E-state index contributed by atoms with van der Waals surface area (Å²) in [6, 6.07) is 4.74. The van der Waals surface area contributed by atoms with E-state index in [9.17, 15) is 10.1 Å². The van der Waals surface area contributed by atoms with Gasteiger partial charge in [0.25, 0.3) is 5.69 Å². The molecule has 6 nitrogen and oxygen atoms in total. The van der Waals surface area contributed by atoms with Crippen LogP contribution in [-0.4, -0.2) is 25.2 Å². The van der Waals surface area contributed by atoms with E-state index < -0.39 is 4.92 Å². The van der Waals surface area contributed by atoms with Crippen molar-refractivity contribution in [2.24, 2.45) is 0 Å². The van der Waals surface area contributed by atoms with Gasteiger partial charge in [0, 0.05) is 30.3 Å². The summed E-state index contributed by atoms with van der Waals surface area (Å²) < 4.78 is 5.47. The van der Waals surface area contributed by atoms with Crippen molar-refractivity contribution >= 4 is 21.6 Å². The van der Waals surface area contributed by atoms with Crippen LogP contribution in [0.1, 0.15) is 5.56 Å². The van der Waals surface area contributed by atoms with Gasteiger partial charge in [0.15, 0.2) is 0 Å². The second-order valence-corrected chi connectivity index (χ2v) is 4.15. The number of halogens is 1. The van der Waals surface area contributed by atoms with Gasteiger partial charge in [0.05, 0.1) is 18.1 Å². The zero-order valence-corrected chi connectivity index (χ0v) is 10.9. The monoisotopic (exact) mass is 304 g/mol. The molecule has 17 heavy (non-hydrogen) atoms. The smallest absolute Gasteiger partial charge is 0.270 e. The highest BCUT2D eigenvalue weighted by Gasteiger charge is 2.08. The van der Waals surface area contributed by atoms with Crippen LogP contribution in [0.5, 0.6) is 0 Å². The Balaban J connectivity index is 2.50. The van der Waals surface area contributed by atoms with E-state index in [2.05, 4.69) is 21.4 Å². The maximum absolute atomic E-state index is 10.6. The van der Waals surface area contributed by atoms with Crippen LogP contribution in [0, 0.1) is 10.1 Å². The van der Waals surface area contributed by atoms with Crippen LogP contribution in [0.2, 0.25) is 0 Å². The lowest BCUT2D eigenvalue weighted by molar-refractivity contribution is -0.385. The fourth-order valence-corrected chi connectivity index (χ4v) is 1.70. The largest absolute Gasteiger partial charge is 0.382 e. The van der Waals surface area contributed by atoms with Gasteiger partial charge in [-0.05, 0) is 11.6 Å². The van der Waals surface area contributed by atoms with Crippen LogP contribution >= 0.6 is 15.9 Å². The number of non-ortho nitro benzene ring substituents is 1. The lowest BCUT2D eigenvalue weighted by atomic mass is 10.2. The van der Waals surface area contributed by atoms with Crippen molar-refractivity contribution in [3.8, 4) is 0 Å². The maximum atomic E-state index is 10.6. The van der Waals surface area contributed by atoms with Gasteiger partial charge < -0.3 is 4.74 Å². The third-order valence-electron chi connectivity index (χ3n) is 1.92. The molecule has 0 amide bonds. The highest BCUT2D eigenvalue weighted by atomic mass is 79.9. The van der Waals surface area contributed by atoms with Crippen LogP contribution in [0.3, 0.4) is 0 Å². The van der Waals surface area contributed by atoms with Crippen molar-refractivity contribution < 1.29 is 14.5 Å². The van der Waals surface area contributed by atoms with Crippen molar-refractivity contribution in [1.29, 1.82) is 0 Å². The minimum absolute atomic E-state index is 0.0491. The number of ether oxygens (including phenoxy) is 1. The predicted molar refractivity (Wildman–Crippen MR) is 65.5 cm³/mol. The molecule has 1 N–H and O–H groups in total. The van der Waals surface area contributed by atoms with E-state index in [1.165, 1.54) is 12.1 Å². The van der Waals surface area contributed by atoms with E-state index >= 15 is 0 Å². The lowest BCUT2D eigenvalue weighted by Crippen LogP contribution is -2.17. The zero-order chi connectivity index (χ0) is 12.7. The Morgan fingerprint density at radius 1 is 1.41 bits per heavy atom. The van der Waals surface area contributed by atoms with Crippen molar-refractivity contribution in [1.82, 2.24) is 5.48 Å². The molecule has 0 unspecified atom stereocenters. The molecule has 0 fully saturated rings. The molecule has 0 heterocycles. The highest BCUT2D eigenvalue weighted by Crippen LogP contribution is 2.21. The van der Waals surface area contributed by atoms with Gasteiger partial charge >= 0.3 is 0 Å². The summed E-state index contributed by atoms with van der Waals surface area (Å²) >= 11 is 3.22. The van der Waals surface area contributed by atoms with E-state index in [1.54, 1.807) is 13.2 Å². The molecule has 0 radical (unpaired) electrons. The Morgan fingerprint density at radius 3 is 2.82 bits per heavy atom. The molecule has 0 saturated heterocycles. The number of rotatable bonds is 7. The van der Waals surface area contributed by atoms with Crippen molar-refractivity contribution in [3.05, 3.63) is 38.3 Å². The van der Waals surface area contributed by atoms with E-state index in [1.807, 2.05) is 0 Å². The van der Waals surface area contributed by atoms with Gasteiger partial charge in [-0.15, -0.1) is 0 Å². The molecule has 1 aromatic carbocycles. The Bertz CT molecular complexity index is 387. The summed E-state index contributed by atoms with van der Waals surface area (Å²) in [5, 5.41) is 10.6. The first-order valence-electron chi connectivity index (χ1n) is 4.91. The number of nitro groups is 1. The second-order valence-electron chi connectivity index (χ2n) is 3.24. The zero-order valence-electron chi connectivity index (χ0n) is 9.31. The molecule has 0 aliphatic rings. The second kappa shape index (κ2) is 7.33. The Hall–Kier alpha value is -1.02. The Labute approximate surface area is 107 Å².